The maximum absolute atomic E-state index is 11.3. The molecule has 21 heavy (non-hydrogen) atoms. The molecule has 0 aliphatic rings. The van der Waals surface area contributed by atoms with E-state index in [1.165, 1.54) is 0 Å². The molecule has 3 amide bonds. The summed E-state index contributed by atoms with van der Waals surface area (Å²) in [6.45, 7) is 3.49. The van der Waals surface area contributed by atoms with Gasteiger partial charge in [0.2, 0.25) is 0 Å². The van der Waals surface area contributed by atoms with E-state index in [0.29, 0.717) is 5.75 Å². The van der Waals surface area contributed by atoms with Gasteiger partial charge in [-0.05, 0) is 62.5 Å². The lowest BCUT2D eigenvalue weighted by Gasteiger charge is -2.12. The molecule has 0 saturated heterocycles. The van der Waals surface area contributed by atoms with Crippen LogP contribution in [0.2, 0.25) is 0 Å². The molecule has 8 heteroatoms. The molecule has 0 atom stereocenters. The maximum Gasteiger partial charge on any atom is 0.318 e. The number of urea groups is 1. The van der Waals surface area contributed by atoms with Crippen LogP contribution in [0.4, 0.5) is 4.79 Å². The number of rotatable bonds is 7. The number of carbonyl (C=O) groups excluding carboxylic acids is 2. The fourth-order valence-corrected chi connectivity index (χ4v) is 3.08. The molecule has 0 radical (unpaired) electrons. The fourth-order valence-electron chi connectivity index (χ4n) is 1.57. The molecule has 4 N–H and O–H groups in total. The van der Waals surface area contributed by atoms with Crippen molar-refractivity contribution in [3.63, 3.8) is 0 Å². The van der Waals surface area contributed by atoms with Crippen LogP contribution in [0.15, 0.2) is 21.1 Å². The van der Waals surface area contributed by atoms with Crippen molar-refractivity contribution in [2.24, 2.45) is 5.73 Å². The van der Waals surface area contributed by atoms with Crippen molar-refractivity contribution in [2.75, 3.05) is 13.2 Å². The van der Waals surface area contributed by atoms with Crippen LogP contribution in [0.3, 0.4) is 0 Å². The Morgan fingerprint density at radius 3 is 2.43 bits per heavy atom. The van der Waals surface area contributed by atoms with Crippen LogP contribution in [0, 0.1) is 0 Å². The second-order valence-electron chi connectivity index (χ2n) is 4.27. The fraction of sp³-hybridized carbons (Fsp3) is 0.385. The Kier molecular flexibility index (Phi) is 7.69. The van der Waals surface area contributed by atoms with Gasteiger partial charge < -0.3 is 15.8 Å². The molecule has 1 aromatic carbocycles. The third-order valence-electron chi connectivity index (χ3n) is 2.42. The molecule has 0 aliphatic carbocycles. The number of hydrogen-bond donors (Lipinski definition) is 3. The van der Waals surface area contributed by atoms with Crippen molar-refractivity contribution in [2.45, 2.75) is 19.9 Å². The van der Waals surface area contributed by atoms with E-state index in [4.69, 9.17) is 10.5 Å². The van der Waals surface area contributed by atoms with Crippen LogP contribution < -0.4 is 21.1 Å². The molecule has 1 rings (SSSR count). The largest absolute Gasteiger partial charge is 0.481 e. The molecular weight excluding hydrogens is 406 g/mol. The van der Waals surface area contributed by atoms with E-state index in [1.807, 2.05) is 17.4 Å². The zero-order valence-corrected chi connectivity index (χ0v) is 14.7. The Morgan fingerprint density at radius 2 is 1.90 bits per heavy atom. The Morgan fingerprint density at radius 1 is 1.29 bits per heavy atom. The van der Waals surface area contributed by atoms with Gasteiger partial charge in [-0.25, -0.2) is 4.79 Å². The Bertz CT molecular complexity index is 500. The van der Waals surface area contributed by atoms with Crippen molar-refractivity contribution >= 4 is 43.8 Å². The smallest absolute Gasteiger partial charge is 0.318 e. The minimum Gasteiger partial charge on any atom is -0.481 e. The van der Waals surface area contributed by atoms with Crippen molar-refractivity contribution < 1.29 is 14.3 Å². The average molecular weight is 423 g/mol. The van der Waals surface area contributed by atoms with Gasteiger partial charge in [0.15, 0.2) is 6.61 Å². The molecule has 0 aliphatic heterocycles. The van der Waals surface area contributed by atoms with E-state index in [9.17, 15) is 9.59 Å². The first-order valence-electron chi connectivity index (χ1n) is 6.34. The lowest BCUT2D eigenvalue weighted by Crippen LogP contribution is -2.38. The van der Waals surface area contributed by atoms with Gasteiger partial charge in [-0.2, -0.15) is 0 Å². The first-order valence-corrected chi connectivity index (χ1v) is 7.93. The molecule has 0 heterocycles. The third-order valence-corrected chi connectivity index (χ3v) is 3.60. The predicted molar refractivity (Wildman–Crippen MR) is 87.1 cm³/mol. The zero-order chi connectivity index (χ0) is 15.8. The van der Waals surface area contributed by atoms with Gasteiger partial charge >= 0.3 is 6.03 Å². The standard InChI is InChI=1S/C13H17Br2N3O3/c1-2-3-17-6-8-4-9(14)12(10(15)5-8)21-7-11(19)18-13(16)20/h4-5,17H,2-3,6-7H2,1H3,(H3,16,18,19,20). The number of carbonyl (C=O) groups is 2. The summed E-state index contributed by atoms with van der Waals surface area (Å²) in [6.07, 6.45) is 1.07. The normalized spacial score (nSPS) is 10.2. The lowest BCUT2D eigenvalue weighted by atomic mass is 10.2. The second kappa shape index (κ2) is 9.01. The molecule has 0 spiro atoms. The number of primary amides is 1. The van der Waals surface area contributed by atoms with Gasteiger partial charge in [-0.1, -0.05) is 6.92 Å². The number of ether oxygens (including phenoxy) is 1. The van der Waals surface area contributed by atoms with E-state index in [0.717, 1.165) is 34.0 Å². The number of imide groups is 1. The van der Waals surface area contributed by atoms with Crippen molar-refractivity contribution in [3.8, 4) is 5.75 Å². The van der Waals surface area contributed by atoms with Gasteiger partial charge in [-0.15, -0.1) is 0 Å². The summed E-state index contributed by atoms with van der Waals surface area (Å²) in [5.41, 5.74) is 5.93. The Balaban J connectivity index is 2.67. The van der Waals surface area contributed by atoms with Crippen LogP contribution in [-0.4, -0.2) is 25.1 Å². The zero-order valence-electron chi connectivity index (χ0n) is 11.5. The first-order chi connectivity index (χ1) is 9.93. The summed E-state index contributed by atoms with van der Waals surface area (Å²) >= 11 is 6.80. The SMILES string of the molecule is CCCNCc1cc(Br)c(OCC(=O)NC(N)=O)c(Br)c1. The molecule has 0 bridgehead atoms. The van der Waals surface area contributed by atoms with E-state index >= 15 is 0 Å². The molecule has 1 aromatic rings. The molecule has 116 valence electrons. The topological polar surface area (TPSA) is 93.4 Å². The van der Waals surface area contributed by atoms with E-state index < -0.39 is 11.9 Å². The highest BCUT2D eigenvalue weighted by Gasteiger charge is 2.12. The van der Waals surface area contributed by atoms with Crippen LogP contribution in [0.25, 0.3) is 0 Å². The summed E-state index contributed by atoms with van der Waals surface area (Å²) in [5.74, 6) is -0.108. The van der Waals surface area contributed by atoms with E-state index in [1.54, 1.807) is 0 Å². The van der Waals surface area contributed by atoms with Gasteiger partial charge in [0.05, 0.1) is 8.95 Å². The monoisotopic (exact) mass is 421 g/mol. The lowest BCUT2D eigenvalue weighted by molar-refractivity contribution is -0.121. The van der Waals surface area contributed by atoms with Gasteiger partial charge in [0.25, 0.3) is 5.91 Å². The van der Waals surface area contributed by atoms with Crippen molar-refractivity contribution in [1.29, 1.82) is 0 Å². The number of benzene rings is 1. The highest BCUT2D eigenvalue weighted by molar-refractivity contribution is 9.11. The molecule has 6 nitrogen and oxygen atoms in total. The minimum absolute atomic E-state index is 0.298. The first kappa shape index (κ1) is 17.9. The molecule has 0 fully saturated rings. The van der Waals surface area contributed by atoms with Crippen molar-refractivity contribution in [3.05, 3.63) is 26.6 Å². The molecular formula is C13H17Br2N3O3. The summed E-state index contributed by atoms with van der Waals surface area (Å²) in [4.78, 5) is 21.8. The van der Waals surface area contributed by atoms with Gasteiger partial charge in [-0.3, -0.25) is 10.1 Å². The summed E-state index contributed by atoms with van der Waals surface area (Å²) < 4.78 is 6.82. The number of amides is 3. The number of nitrogens with one attached hydrogen (secondary N) is 2. The van der Waals surface area contributed by atoms with E-state index in [-0.39, 0.29) is 6.61 Å². The van der Waals surface area contributed by atoms with Crippen LogP contribution >= 0.6 is 31.9 Å². The second-order valence-corrected chi connectivity index (χ2v) is 5.98. The van der Waals surface area contributed by atoms with Gasteiger partial charge in [0.1, 0.15) is 5.75 Å². The summed E-state index contributed by atoms with van der Waals surface area (Å²) in [6, 6.07) is 2.92. The average Bonchev–Trinajstić information content (AvgIpc) is 2.37. The van der Waals surface area contributed by atoms with Crippen LogP contribution in [-0.2, 0) is 11.3 Å². The van der Waals surface area contributed by atoms with Crippen LogP contribution in [0.1, 0.15) is 18.9 Å². The van der Waals surface area contributed by atoms with E-state index in [2.05, 4.69) is 44.1 Å². The van der Waals surface area contributed by atoms with Crippen LogP contribution in [0.5, 0.6) is 5.75 Å². The summed E-state index contributed by atoms with van der Waals surface area (Å²) in [5, 5.41) is 5.23. The maximum atomic E-state index is 11.3. The molecule has 0 saturated carbocycles. The highest BCUT2D eigenvalue weighted by Crippen LogP contribution is 2.34. The third kappa shape index (κ3) is 6.45. The molecule has 0 unspecified atom stereocenters. The highest BCUT2D eigenvalue weighted by atomic mass is 79.9. The van der Waals surface area contributed by atoms with Gasteiger partial charge in [0, 0.05) is 6.54 Å². The Labute approximate surface area is 140 Å². The predicted octanol–water partition coefficient (Wildman–Crippen LogP) is 2.28. The Hall–Kier alpha value is -1.12. The quantitative estimate of drug-likeness (QED) is 0.587. The minimum atomic E-state index is -0.904. The van der Waals surface area contributed by atoms with Crippen molar-refractivity contribution in [1.82, 2.24) is 10.6 Å². The summed E-state index contributed by atoms with van der Waals surface area (Å²) in [7, 11) is 0. The number of hydrogen-bond acceptors (Lipinski definition) is 4. The molecule has 0 aromatic heterocycles. The number of halogens is 2. The number of nitrogens with two attached hydrogens (primary N) is 1.